The third-order valence-electron chi connectivity index (χ3n) is 1.86. The van der Waals surface area contributed by atoms with Crippen LogP contribution in [0.3, 0.4) is 0 Å². The van der Waals surface area contributed by atoms with Gasteiger partial charge in [-0.15, -0.1) is 0 Å². The number of nitrogens with one attached hydrogen (secondary N) is 1. The number of hydrogen-bond donors (Lipinski definition) is 1. The summed E-state index contributed by atoms with van der Waals surface area (Å²) in [5.41, 5.74) is 0.185. The molecule has 68 valence electrons. The van der Waals surface area contributed by atoms with Crippen molar-refractivity contribution in [2.45, 2.75) is 0 Å². The Hall–Kier alpha value is -2.28. The third kappa shape index (κ3) is 1.21. The summed E-state index contributed by atoms with van der Waals surface area (Å²) in [7, 11) is 0. The first-order chi connectivity index (χ1) is 6.83. The molecule has 2 rings (SSSR count). The van der Waals surface area contributed by atoms with Gasteiger partial charge >= 0.3 is 0 Å². The van der Waals surface area contributed by atoms with Crippen LogP contribution in [0, 0.1) is 11.3 Å². The van der Waals surface area contributed by atoms with Gasteiger partial charge in [0.2, 0.25) is 0 Å². The van der Waals surface area contributed by atoms with Crippen LogP contribution in [0.25, 0.3) is 11.3 Å². The molecule has 4 nitrogen and oxygen atoms in total. The van der Waals surface area contributed by atoms with E-state index < -0.39 is 5.56 Å². The van der Waals surface area contributed by atoms with Crippen molar-refractivity contribution in [2.24, 2.45) is 0 Å². The van der Waals surface area contributed by atoms with Crippen molar-refractivity contribution in [3.63, 3.8) is 0 Å². The fraction of sp³-hybridized carbons (Fsp3) is 0. The van der Waals surface area contributed by atoms with E-state index in [4.69, 9.17) is 9.68 Å². The zero-order valence-corrected chi connectivity index (χ0v) is 7.15. The van der Waals surface area contributed by atoms with Crippen molar-refractivity contribution < 1.29 is 4.42 Å². The lowest BCUT2D eigenvalue weighted by atomic mass is 10.1. The molecule has 0 bridgehead atoms. The average Bonchev–Trinajstić information content (AvgIpc) is 2.70. The van der Waals surface area contributed by atoms with Crippen LogP contribution in [0.1, 0.15) is 5.56 Å². The van der Waals surface area contributed by atoms with Crippen molar-refractivity contribution in [1.82, 2.24) is 4.98 Å². The van der Waals surface area contributed by atoms with E-state index in [0.29, 0.717) is 11.3 Å². The van der Waals surface area contributed by atoms with Crippen molar-refractivity contribution in [3.05, 3.63) is 46.6 Å². The Kier molecular flexibility index (Phi) is 1.92. The highest BCUT2D eigenvalue weighted by Crippen LogP contribution is 2.20. The fourth-order valence-electron chi connectivity index (χ4n) is 1.23. The van der Waals surface area contributed by atoms with Crippen LogP contribution < -0.4 is 5.56 Å². The number of aromatic nitrogens is 1. The molecular weight excluding hydrogens is 180 g/mol. The molecule has 0 saturated carbocycles. The van der Waals surface area contributed by atoms with Crippen LogP contribution in [0.5, 0.6) is 0 Å². The predicted octanol–water partition coefficient (Wildman–Crippen LogP) is 1.51. The summed E-state index contributed by atoms with van der Waals surface area (Å²) < 4.78 is 5.11. The zero-order chi connectivity index (χ0) is 9.97. The number of H-pyrrole nitrogens is 1. The second kappa shape index (κ2) is 3.23. The number of rotatable bonds is 1. The normalized spacial score (nSPS) is 9.64. The maximum Gasteiger partial charge on any atom is 0.266 e. The van der Waals surface area contributed by atoms with E-state index in [2.05, 4.69) is 4.98 Å². The number of hydrogen-bond acceptors (Lipinski definition) is 3. The van der Waals surface area contributed by atoms with Crippen LogP contribution >= 0.6 is 0 Å². The first kappa shape index (κ1) is 8.32. The van der Waals surface area contributed by atoms with Crippen LogP contribution in [0.15, 0.2) is 39.9 Å². The summed E-state index contributed by atoms with van der Waals surface area (Å²) in [4.78, 5) is 13.7. The molecule has 2 aromatic rings. The van der Waals surface area contributed by atoms with E-state index in [9.17, 15) is 4.79 Å². The molecule has 0 saturated heterocycles. The van der Waals surface area contributed by atoms with Gasteiger partial charge in [-0.25, -0.2) is 0 Å². The van der Waals surface area contributed by atoms with Crippen LogP contribution in [-0.4, -0.2) is 4.98 Å². The van der Waals surface area contributed by atoms with Gasteiger partial charge in [-0.2, -0.15) is 5.26 Å². The van der Waals surface area contributed by atoms with Gasteiger partial charge in [0, 0.05) is 11.8 Å². The van der Waals surface area contributed by atoms with Gasteiger partial charge in [0.1, 0.15) is 17.4 Å². The molecule has 2 heterocycles. The summed E-state index contributed by atoms with van der Waals surface area (Å²) in [6.45, 7) is 0. The monoisotopic (exact) mass is 186 g/mol. The zero-order valence-electron chi connectivity index (χ0n) is 7.15. The van der Waals surface area contributed by atoms with Crippen molar-refractivity contribution in [2.75, 3.05) is 0 Å². The van der Waals surface area contributed by atoms with Crippen LogP contribution in [-0.2, 0) is 0 Å². The van der Waals surface area contributed by atoms with E-state index in [1.165, 1.54) is 12.5 Å². The maximum atomic E-state index is 11.2. The number of furan rings is 1. The molecule has 0 aromatic carbocycles. The van der Waals surface area contributed by atoms with E-state index in [1.807, 2.05) is 6.07 Å². The molecule has 2 aromatic heterocycles. The summed E-state index contributed by atoms with van der Waals surface area (Å²) in [5, 5.41) is 8.79. The lowest BCUT2D eigenvalue weighted by Gasteiger charge is -1.97. The topological polar surface area (TPSA) is 69.8 Å². The van der Waals surface area contributed by atoms with Crippen molar-refractivity contribution in [1.29, 1.82) is 5.26 Å². The molecule has 4 heteroatoms. The van der Waals surface area contributed by atoms with Gasteiger partial charge in [0.05, 0.1) is 6.26 Å². The average molecular weight is 186 g/mol. The molecule has 0 radical (unpaired) electrons. The lowest BCUT2D eigenvalue weighted by Crippen LogP contribution is -2.09. The third-order valence-corrected chi connectivity index (χ3v) is 1.86. The smallest absolute Gasteiger partial charge is 0.266 e. The second-order valence-corrected chi connectivity index (χ2v) is 2.68. The van der Waals surface area contributed by atoms with Gasteiger partial charge in [0.15, 0.2) is 0 Å². The Morgan fingerprint density at radius 3 is 2.93 bits per heavy atom. The minimum Gasteiger partial charge on any atom is -0.464 e. The quantitative estimate of drug-likeness (QED) is 0.733. The van der Waals surface area contributed by atoms with Gasteiger partial charge in [-0.05, 0) is 18.2 Å². The van der Waals surface area contributed by atoms with Gasteiger partial charge in [-0.3, -0.25) is 4.79 Å². The maximum absolute atomic E-state index is 11.2. The summed E-state index contributed by atoms with van der Waals surface area (Å²) in [6, 6.07) is 6.90. The number of aromatic amines is 1. The highest BCUT2D eigenvalue weighted by Gasteiger charge is 2.09. The van der Waals surface area contributed by atoms with Crippen LogP contribution in [0.2, 0.25) is 0 Å². The van der Waals surface area contributed by atoms with E-state index in [-0.39, 0.29) is 5.56 Å². The van der Waals surface area contributed by atoms with Crippen molar-refractivity contribution >= 4 is 0 Å². The SMILES string of the molecule is N#Cc1c(-c2ccco2)cc[nH]c1=O. The molecule has 14 heavy (non-hydrogen) atoms. The Morgan fingerprint density at radius 2 is 2.29 bits per heavy atom. The Labute approximate surface area is 79.4 Å². The van der Waals surface area contributed by atoms with Crippen LogP contribution in [0.4, 0.5) is 0 Å². The fourth-order valence-corrected chi connectivity index (χ4v) is 1.23. The first-order valence-corrected chi connectivity index (χ1v) is 3.98. The lowest BCUT2D eigenvalue weighted by molar-refractivity contribution is 0.582. The molecule has 0 spiro atoms. The second-order valence-electron chi connectivity index (χ2n) is 2.68. The predicted molar refractivity (Wildman–Crippen MR) is 49.5 cm³/mol. The molecule has 0 amide bonds. The highest BCUT2D eigenvalue weighted by molar-refractivity contribution is 5.64. The van der Waals surface area contributed by atoms with E-state index in [1.54, 1.807) is 18.2 Å². The minimum absolute atomic E-state index is 0.0717. The Morgan fingerprint density at radius 1 is 1.43 bits per heavy atom. The molecule has 0 fully saturated rings. The van der Waals surface area contributed by atoms with Gasteiger partial charge < -0.3 is 9.40 Å². The Bertz CT molecular complexity index is 532. The summed E-state index contributed by atoms with van der Waals surface area (Å²) in [5.74, 6) is 0.521. The van der Waals surface area contributed by atoms with E-state index >= 15 is 0 Å². The molecule has 1 N–H and O–H groups in total. The minimum atomic E-state index is -0.401. The summed E-state index contributed by atoms with van der Waals surface area (Å²) in [6.07, 6.45) is 2.98. The number of pyridine rings is 1. The largest absolute Gasteiger partial charge is 0.464 e. The molecule has 0 aliphatic rings. The summed E-state index contributed by atoms with van der Waals surface area (Å²) >= 11 is 0. The van der Waals surface area contributed by atoms with Gasteiger partial charge in [0.25, 0.3) is 5.56 Å². The molecule has 0 atom stereocenters. The molecule has 0 aliphatic heterocycles. The molecule has 0 unspecified atom stereocenters. The molecular formula is C10H6N2O2. The van der Waals surface area contributed by atoms with Gasteiger partial charge in [-0.1, -0.05) is 0 Å². The molecule has 0 aliphatic carbocycles. The highest BCUT2D eigenvalue weighted by atomic mass is 16.3. The Balaban J connectivity index is 2.72. The number of nitrogens with zero attached hydrogens (tertiary/aromatic N) is 1. The standard InChI is InChI=1S/C10H6N2O2/c11-6-8-7(3-4-12-10(8)13)9-2-1-5-14-9/h1-5H,(H,12,13). The van der Waals surface area contributed by atoms with E-state index in [0.717, 1.165) is 0 Å². The van der Waals surface area contributed by atoms with Crippen molar-refractivity contribution in [3.8, 4) is 17.4 Å². The number of nitriles is 1. The first-order valence-electron chi connectivity index (χ1n) is 3.98.